The van der Waals surface area contributed by atoms with Crippen molar-refractivity contribution in [1.82, 2.24) is 0 Å². The lowest BCUT2D eigenvalue weighted by molar-refractivity contribution is -0.137. The van der Waals surface area contributed by atoms with Crippen LogP contribution >= 0.6 is 11.6 Å². The highest BCUT2D eigenvalue weighted by Crippen LogP contribution is 2.41. The number of hydrogen-bond acceptors (Lipinski definition) is 2. The minimum absolute atomic E-state index is 0.223. The molecule has 0 bridgehead atoms. The lowest BCUT2D eigenvalue weighted by Gasteiger charge is -2.25. The SMILES string of the molecule is FC(F)(F)c1ccc(Cl)c(N2N=C(/C=C\c3ccccc3)C[C@H]2c2ccccc2)c1. The Kier molecular flexibility index (Phi) is 5.64. The van der Waals surface area contributed by atoms with Crippen LogP contribution in [-0.2, 0) is 6.18 Å². The Morgan fingerprint density at radius 1 is 0.900 bits per heavy atom. The summed E-state index contributed by atoms with van der Waals surface area (Å²) >= 11 is 6.30. The van der Waals surface area contributed by atoms with Gasteiger partial charge in [0.1, 0.15) is 0 Å². The Hall–Kier alpha value is -3.05. The smallest absolute Gasteiger partial charge is 0.256 e. The van der Waals surface area contributed by atoms with Gasteiger partial charge in [0, 0.05) is 6.42 Å². The lowest BCUT2D eigenvalue weighted by Crippen LogP contribution is -2.19. The number of anilines is 1. The van der Waals surface area contributed by atoms with E-state index in [1.807, 2.05) is 72.8 Å². The first kappa shape index (κ1) is 20.2. The molecule has 0 aliphatic carbocycles. The fraction of sp³-hybridized carbons (Fsp3) is 0.125. The van der Waals surface area contributed by atoms with Gasteiger partial charge in [0.2, 0.25) is 0 Å². The van der Waals surface area contributed by atoms with Gasteiger partial charge in [-0.05, 0) is 35.4 Å². The van der Waals surface area contributed by atoms with Gasteiger partial charge >= 0.3 is 6.18 Å². The highest BCUT2D eigenvalue weighted by atomic mass is 35.5. The van der Waals surface area contributed by atoms with E-state index in [1.165, 1.54) is 6.07 Å². The summed E-state index contributed by atoms with van der Waals surface area (Å²) < 4.78 is 39.8. The van der Waals surface area contributed by atoms with Crippen molar-refractivity contribution in [3.05, 3.63) is 107 Å². The summed E-state index contributed by atoms with van der Waals surface area (Å²) in [6, 6.07) is 22.4. The van der Waals surface area contributed by atoms with Crippen molar-refractivity contribution in [2.24, 2.45) is 5.10 Å². The molecule has 3 aromatic rings. The molecule has 1 aliphatic rings. The van der Waals surface area contributed by atoms with Gasteiger partial charge in [0.15, 0.2) is 0 Å². The molecule has 2 nitrogen and oxygen atoms in total. The van der Waals surface area contributed by atoms with Crippen LogP contribution in [0.2, 0.25) is 5.02 Å². The standard InChI is InChI=1S/C24H18ClF3N2/c25-21-14-12-19(24(26,27)28)15-23(21)30-22(18-9-5-2-6-10-18)16-20(29-30)13-11-17-7-3-1-4-8-17/h1-15,22H,16H2/b13-11-/t22-/m0/s1. The summed E-state index contributed by atoms with van der Waals surface area (Å²) in [5.41, 5.74) is 2.23. The number of allylic oxidation sites excluding steroid dienone is 1. The number of hydrazone groups is 1. The van der Waals surface area contributed by atoms with Gasteiger partial charge < -0.3 is 0 Å². The zero-order valence-electron chi connectivity index (χ0n) is 15.9. The molecule has 0 saturated heterocycles. The van der Waals surface area contributed by atoms with E-state index in [4.69, 9.17) is 11.6 Å². The molecule has 0 radical (unpaired) electrons. The Bertz CT molecular complexity index is 1080. The monoisotopic (exact) mass is 426 g/mol. The van der Waals surface area contributed by atoms with E-state index in [-0.39, 0.29) is 16.8 Å². The van der Waals surface area contributed by atoms with Crippen LogP contribution in [0.1, 0.15) is 29.2 Å². The van der Waals surface area contributed by atoms with Crippen LogP contribution in [0.15, 0.2) is 90.0 Å². The molecule has 1 heterocycles. The lowest BCUT2D eigenvalue weighted by atomic mass is 10.0. The molecule has 30 heavy (non-hydrogen) atoms. The summed E-state index contributed by atoms with van der Waals surface area (Å²) in [5, 5.41) is 6.44. The van der Waals surface area contributed by atoms with Crippen molar-refractivity contribution >= 4 is 29.1 Å². The molecular formula is C24H18ClF3N2. The summed E-state index contributed by atoms with van der Waals surface area (Å²) in [4.78, 5) is 0. The number of hydrogen-bond donors (Lipinski definition) is 0. The van der Waals surface area contributed by atoms with Crippen LogP contribution in [0, 0.1) is 0 Å². The van der Waals surface area contributed by atoms with Crippen molar-refractivity contribution in [3.8, 4) is 0 Å². The molecule has 0 amide bonds. The molecule has 6 heteroatoms. The largest absolute Gasteiger partial charge is 0.416 e. The van der Waals surface area contributed by atoms with Crippen LogP contribution < -0.4 is 5.01 Å². The molecule has 3 aromatic carbocycles. The molecule has 152 valence electrons. The van der Waals surface area contributed by atoms with E-state index in [0.29, 0.717) is 6.42 Å². The fourth-order valence-electron chi connectivity index (χ4n) is 3.41. The predicted molar refractivity (Wildman–Crippen MR) is 116 cm³/mol. The molecule has 1 aliphatic heterocycles. The fourth-order valence-corrected chi connectivity index (χ4v) is 3.62. The zero-order chi connectivity index (χ0) is 21.1. The molecule has 1 atom stereocenters. The number of rotatable bonds is 4. The third-order valence-electron chi connectivity index (χ3n) is 4.91. The topological polar surface area (TPSA) is 15.6 Å². The molecule has 0 fully saturated rings. The molecule has 0 spiro atoms. The highest BCUT2D eigenvalue weighted by Gasteiger charge is 2.34. The van der Waals surface area contributed by atoms with Crippen LogP contribution in [-0.4, -0.2) is 5.71 Å². The molecule has 0 N–H and O–H groups in total. The van der Waals surface area contributed by atoms with Gasteiger partial charge in [-0.1, -0.05) is 78.3 Å². The molecule has 0 saturated carbocycles. The van der Waals surface area contributed by atoms with Crippen LogP contribution in [0.5, 0.6) is 0 Å². The quantitative estimate of drug-likeness (QED) is 0.425. The highest BCUT2D eigenvalue weighted by molar-refractivity contribution is 6.33. The Labute approximate surface area is 177 Å². The van der Waals surface area contributed by atoms with Crippen molar-refractivity contribution < 1.29 is 13.2 Å². The predicted octanol–water partition coefficient (Wildman–Crippen LogP) is 7.38. The van der Waals surface area contributed by atoms with Gasteiger partial charge in [-0.3, -0.25) is 5.01 Å². The molecule has 0 aromatic heterocycles. The third-order valence-corrected chi connectivity index (χ3v) is 5.23. The van der Waals surface area contributed by atoms with Gasteiger partial charge in [-0.2, -0.15) is 18.3 Å². The first-order valence-corrected chi connectivity index (χ1v) is 9.81. The normalized spacial score (nSPS) is 16.9. The minimum Gasteiger partial charge on any atom is -0.256 e. The van der Waals surface area contributed by atoms with Gasteiger partial charge in [-0.15, -0.1) is 0 Å². The number of nitrogens with zero attached hydrogens (tertiary/aromatic N) is 2. The number of benzene rings is 3. The molecule has 4 rings (SSSR count). The van der Waals surface area contributed by atoms with E-state index >= 15 is 0 Å². The molecule has 0 unspecified atom stereocenters. The Balaban J connectivity index is 1.73. The van der Waals surface area contributed by atoms with E-state index in [0.717, 1.165) is 29.0 Å². The maximum Gasteiger partial charge on any atom is 0.416 e. The summed E-state index contributed by atoms with van der Waals surface area (Å²) in [5.74, 6) is 0. The van der Waals surface area contributed by atoms with Gasteiger partial charge in [0.05, 0.1) is 28.0 Å². The first-order valence-electron chi connectivity index (χ1n) is 9.43. The summed E-state index contributed by atoms with van der Waals surface area (Å²) in [7, 11) is 0. The zero-order valence-corrected chi connectivity index (χ0v) is 16.6. The maximum atomic E-state index is 13.3. The summed E-state index contributed by atoms with van der Waals surface area (Å²) in [6.07, 6.45) is -0.0636. The van der Waals surface area contributed by atoms with Crippen molar-refractivity contribution in [2.75, 3.05) is 5.01 Å². The van der Waals surface area contributed by atoms with E-state index < -0.39 is 11.7 Å². The van der Waals surface area contributed by atoms with Crippen molar-refractivity contribution in [1.29, 1.82) is 0 Å². The van der Waals surface area contributed by atoms with Crippen LogP contribution in [0.25, 0.3) is 6.08 Å². The Morgan fingerprint density at radius 2 is 1.57 bits per heavy atom. The first-order chi connectivity index (χ1) is 14.4. The van der Waals surface area contributed by atoms with Crippen LogP contribution in [0.3, 0.4) is 0 Å². The van der Waals surface area contributed by atoms with Gasteiger partial charge in [0.25, 0.3) is 0 Å². The van der Waals surface area contributed by atoms with Crippen molar-refractivity contribution in [3.63, 3.8) is 0 Å². The minimum atomic E-state index is -4.46. The second kappa shape index (κ2) is 8.36. The number of halogens is 4. The second-order valence-electron chi connectivity index (χ2n) is 6.97. The van der Waals surface area contributed by atoms with Crippen molar-refractivity contribution in [2.45, 2.75) is 18.6 Å². The van der Waals surface area contributed by atoms with E-state index in [1.54, 1.807) is 5.01 Å². The maximum absolute atomic E-state index is 13.3. The van der Waals surface area contributed by atoms with Crippen LogP contribution in [0.4, 0.5) is 18.9 Å². The van der Waals surface area contributed by atoms with E-state index in [9.17, 15) is 13.2 Å². The van der Waals surface area contributed by atoms with E-state index in [2.05, 4.69) is 5.10 Å². The average molecular weight is 427 g/mol. The van der Waals surface area contributed by atoms with Gasteiger partial charge in [-0.25, -0.2) is 0 Å². The molecular weight excluding hydrogens is 409 g/mol. The summed E-state index contributed by atoms with van der Waals surface area (Å²) in [6.45, 7) is 0. The average Bonchev–Trinajstić information content (AvgIpc) is 3.17. The third kappa shape index (κ3) is 4.41. The second-order valence-corrected chi connectivity index (χ2v) is 7.38. The Morgan fingerprint density at radius 3 is 2.23 bits per heavy atom. The number of alkyl halides is 3.